The third-order valence-corrected chi connectivity index (χ3v) is 2.33. The van der Waals surface area contributed by atoms with Crippen molar-refractivity contribution in [2.24, 2.45) is 0 Å². The van der Waals surface area contributed by atoms with Gasteiger partial charge in [-0.05, 0) is 12.5 Å². The topological polar surface area (TPSA) is 24.1 Å². The average molecular weight is 206 g/mol. The van der Waals surface area contributed by atoms with Crippen LogP contribution in [0.5, 0.6) is 0 Å². The van der Waals surface area contributed by atoms with Crippen LogP contribution in [0.4, 0.5) is 0 Å². The first-order valence-corrected chi connectivity index (χ1v) is 5.69. The van der Waals surface area contributed by atoms with E-state index in [1.165, 1.54) is 5.56 Å². The molecule has 84 valence electrons. The fraction of sp³-hybridized carbons (Fsp3) is 0.538. The Labute approximate surface area is 93.1 Å². The Morgan fingerprint density at radius 1 is 1.00 bits per heavy atom. The van der Waals surface area contributed by atoms with Gasteiger partial charge in [-0.2, -0.15) is 0 Å². The Morgan fingerprint density at radius 2 is 1.67 bits per heavy atom. The molecule has 1 aromatic rings. The summed E-state index contributed by atoms with van der Waals surface area (Å²) < 4.78 is 0. The second-order valence-electron chi connectivity index (χ2n) is 4.33. The molecule has 0 amide bonds. The predicted octanol–water partition coefficient (Wildman–Crippen LogP) is 2.16. The highest BCUT2D eigenvalue weighted by Gasteiger charge is 2.01. The Balaban J connectivity index is 2.19. The lowest BCUT2D eigenvalue weighted by molar-refractivity contribution is 0.474. The minimum Gasteiger partial charge on any atom is -0.313 e. The van der Waals surface area contributed by atoms with Gasteiger partial charge in [0.05, 0.1) is 0 Å². The number of nitrogens with one attached hydrogen (secondary N) is 2. The van der Waals surface area contributed by atoms with Gasteiger partial charge in [0.25, 0.3) is 0 Å². The molecule has 0 aliphatic rings. The number of benzene rings is 1. The largest absolute Gasteiger partial charge is 0.313 e. The molecule has 0 fully saturated rings. The number of hydrogen-bond donors (Lipinski definition) is 2. The van der Waals surface area contributed by atoms with Gasteiger partial charge in [-0.15, -0.1) is 0 Å². The van der Waals surface area contributed by atoms with E-state index >= 15 is 0 Å². The van der Waals surface area contributed by atoms with Crippen molar-refractivity contribution < 1.29 is 0 Å². The maximum Gasteiger partial charge on any atom is 0.0208 e. The summed E-state index contributed by atoms with van der Waals surface area (Å²) in [6, 6.07) is 11.6. The van der Waals surface area contributed by atoms with Crippen molar-refractivity contribution in [3.63, 3.8) is 0 Å². The van der Waals surface area contributed by atoms with E-state index in [0.29, 0.717) is 12.1 Å². The van der Waals surface area contributed by atoms with E-state index in [4.69, 9.17) is 0 Å². The van der Waals surface area contributed by atoms with Crippen LogP contribution in [0.1, 0.15) is 26.3 Å². The van der Waals surface area contributed by atoms with Gasteiger partial charge in [0, 0.05) is 25.2 Å². The zero-order valence-electron chi connectivity index (χ0n) is 9.96. The summed E-state index contributed by atoms with van der Waals surface area (Å²) in [6.07, 6.45) is 0. The molecular weight excluding hydrogens is 184 g/mol. The van der Waals surface area contributed by atoms with Crippen LogP contribution < -0.4 is 10.6 Å². The van der Waals surface area contributed by atoms with Crippen LogP contribution in [-0.4, -0.2) is 18.6 Å². The van der Waals surface area contributed by atoms with Crippen molar-refractivity contribution in [3.05, 3.63) is 35.9 Å². The molecule has 1 rings (SSSR count). The predicted molar refractivity (Wildman–Crippen MR) is 65.9 cm³/mol. The van der Waals surface area contributed by atoms with Crippen molar-refractivity contribution in [1.82, 2.24) is 10.6 Å². The molecule has 1 aromatic carbocycles. The van der Waals surface area contributed by atoms with Crippen LogP contribution in [0.15, 0.2) is 30.3 Å². The molecule has 2 nitrogen and oxygen atoms in total. The van der Waals surface area contributed by atoms with Gasteiger partial charge in [-0.25, -0.2) is 0 Å². The van der Waals surface area contributed by atoms with Crippen molar-refractivity contribution in [2.45, 2.75) is 39.4 Å². The summed E-state index contributed by atoms with van der Waals surface area (Å²) in [6.45, 7) is 8.51. The van der Waals surface area contributed by atoms with Crippen LogP contribution in [0.3, 0.4) is 0 Å². The highest BCUT2D eigenvalue weighted by Crippen LogP contribution is 1.97. The number of rotatable bonds is 6. The standard InChI is InChI=1S/C13H22N2/c1-11(2)14-9-12(3)15-10-13-7-5-4-6-8-13/h4-8,11-12,14-15H,9-10H2,1-3H3. The van der Waals surface area contributed by atoms with Gasteiger partial charge in [0.15, 0.2) is 0 Å². The lowest BCUT2D eigenvalue weighted by Gasteiger charge is -2.16. The van der Waals surface area contributed by atoms with Gasteiger partial charge in [-0.3, -0.25) is 0 Å². The molecule has 0 aliphatic carbocycles. The minimum absolute atomic E-state index is 0.507. The lowest BCUT2D eigenvalue weighted by atomic mass is 10.2. The molecule has 1 unspecified atom stereocenters. The zero-order chi connectivity index (χ0) is 11.1. The molecule has 0 aromatic heterocycles. The highest BCUT2D eigenvalue weighted by molar-refractivity contribution is 5.14. The first-order valence-electron chi connectivity index (χ1n) is 5.69. The SMILES string of the molecule is CC(C)NCC(C)NCc1ccccc1. The van der Waals surface area contributed by atoms with Crippen molar-refractivity contribution in [1.29, 1.82) is 0 Å². The fourth-order valence-corrected chi connectivity index (χ4v) is 1.37. The molecule has 1 atom stereocenters. The van der Waals surface area contributed by atoms with Gasteiger partial charge in [-0.1, -0.05) is 44.2 Å². The zero-order valence-corrected chi connectivity index (χ0v) is 9.96. The van der Waals surface area contributed by atoms with Gasteiger partial charge >= 0.3 is 0 Å². The highest BCUT2D eigenvalue weighted by atomic mass is 15.0. The Bertz CT molecular complexity index is 256. The van der Waals surface area contributed by atoms with E-state index in [9.17, 15) is 0 Å². The molecule has 0 radical (unpaired) electrons. The lowest BCUT2D eigenvalue weighted by Crippen LogP contribution is -2.38. The smallest absolute Gasteiger partial charge is 0.0208 e. The molecule has 0 saturated heterocycles. The maximum absolute atomic E-state index is 3.49. The van der Waals surface area contributed by atoms with Crippen molar-refractivity contribution in [2.75, 3.05) is 6.54 Å². The van der Waals surface area contributed by atoms with E-state index in [1.54, 1.807) is 0 Å². The van der Waals surface area contributed by atoms with Crippen LogP contribution in [0.25, 0.3) is 0 Å². The average Bonchev–Trinajstić information content (AvgIpc) is 2.25. The Hall–Kier alpha value is -0.860. The van der Waals surface area contributed by atoms with E-state index in [-0.39, 0.29) is 0 Å². The summed E-state index contributed by atoms with van der Waals surface area (Å²) in [5.74, 6) is 0. The monoisotopic (exact) mass is 206 g/mol. The van der Waals surface area contributed by atoms with Crippen LogP contribution >= 0.6 is 0 Å². The van der Waals surface area contributed by atoms with Gasteiger partial charge < -0.3 is 10.6 Å². The first kappa shape index (κ1) is 12.2. The summed E-state index contributed by atoms with van der Waals surface area (Å²) in [5.41, 5.74) is 1.34. The summed E-state index contributed by atoms with van der Waals surface area (Å²) >= 11 is 0. The van der Waals surface area contributed by atoms with Crippen LogP contribution in [-0.2, 0) is 6.54 Å². The molecule has 0 bridgehead atoms. The quantitative estimate of drug-likeness (QED) is 0.745. The normalized spacial score (nSPS) is 13.1. The van der Waals surface area contributed by atoms with E-state index in [1.807, 2.05) is 6.07 Å². The molecule has 2 N–H and O–H groups in total. The minimum atomic E-state index is 0.507. The Morgan fingerprint density at radius 3 is 2.27 bits per heavy atom. The Kier molecular flexibility index (Phi) is 5.37. The number of hydrogen-bond acceptors (Lipinski definition) is 2. The van der Waals surface area contributed by atoms with Gasteiger partial charge in [0.2, 0.25) is 0 Å². The van der Waals surface area contributed by atoms with E-state index in [2.05, 4.69) is 55.7 Å². The van der Waals surface area contributed by atoms with Crippen LogP contribution in [0, 0.1) is 0 Å². The third kappa shape index (κ3) is 5.55. The van der Waals surface area contributed by atoms with Crippen LogP contribution in [0.2, 0.25) is 0 Å². The maximum atomic E-state index is 3.49. The van der Waals surface area contributed by atoms with Crippen molar-refractivity contribution >= 4 is 0 Å². The van der Waals surface area contributed by atoms with E-state index < -0.39 is 0 Å². The second kappa shape index (κ2) is 6.59. The second-order valence-corrected chi connectivity index (χ2v) is 4.33. The molecule has 0 heterocycles. The molecule has 0 saturated carbocycles. The molecule has 0 spiro atoms. The molecule has 2 heteroatoms. The fourth-order valence-electron chi connectivity index (χ4n) is 1.37. The summed E-state index contributed by atoms with van der Waals surface area (Å²) in [5, 5.41) is 6.91. The molecular formula is C13H22N2. The van der Waals surface area contributed by atoms with Crippen molar-refractivity contribution in [3.8, 4) is 0 Å². The van der Waals surface area contributed by atoms with Gasteiger partial charge in [0.1, 0.15) is 0 Å². The molecule has 0 aliphatic heterocycles. The van der Waals surface area contributed by atoms with E-state index in [0.717, 1.165) is 13.1 Å². The summed E-state index contributed by atoms with van der Waals surface area (Å²) in [4.78, 5) is 0. The first-order chi connectivity index (χ1) is 7.18. The third-order valence-electron chi connectivity index (χ3n) is 2.33. The summed E-state index contributed by atoms with van der Waals surface area (Å²) in [7, 11) is 0. The molecule has 15 heavy (non-hydrogen) atoms.